The zero-order valence-electron chi connectivity index (χ0n) is 22.6. The number of hydrogen-bond acceptors (Lipinski definition) is 10. The highest BCUT2D eigenvalue weighted by Gasteiger charge is 2.57. The highest BCUT2D eigenvalue weighted by atomic mass is 19.4. The summed E-state index contributed by atoms with van der Waals surface area (Å²) in [4.78, 5) is 11.8. The van der Waals surface area contributed by atoms with Gasteiger partial charge >= 0.3 is 12.1 Å². The Bertz CT molecular complexity index is 1180. The van der Waals surface area contributed by atoms with Gasteiger partial charge in [-0.25, -0.2) is 4.68 Å². The maximum Gasteiger partial charge on any atom is 0.471 e. The van der Waals surface area contributed by atoms with Crippen LogP contribution in [0.4, 0.5) is 13.2 Å². The maximum absolute atomic E-state index is 13.1. The fraction of sp³-hybridized carbons (Fsp3) is 0.577. The number of rotatable bonds is 13. The number of carbonyl (C=O) groups is 1. The second-order valence-corrected chi connectivity index (χ2v) is 9.76. The third-order valence-corrected chi connectivity index (χ3v) is 6.19. The molecule has 4 rings (SSSR count). The van der Waals surface area contributed by atoms with E-state index in [9.17, 15) is 18.0 Å². The van der Waals surface area contributed by atoms with E-state index in [4.69, 9.17) is 33.5 Å². The van der Waals surface area contributed by atoms with Gasteiger partial charge in [-0.1, -0.05) is 23.4 Å². The summed E-state index contributed by atoms with van der Waals surface area (Å²) in [7, 11) is 0. The summed E-state index contributed by atoms with van der Waals surface area (Å²) < 4.78 is 75.2. The van der Waals surface area contributed by atoms with Crippen LogP contribution in [0.15, 0.2) is 43.1 Å². The maximum atomic E-state index is 13.1. The quantitative estimate of drug-likeness (QED) is 0.264. The van der Waals surface area contributed by atoms with Gasteiger partial charge in [0.15, 0.2) is 12.1 Å². The van der Waals surface area contributed by atoms with Crippen LogP contribution in [-0.2, 0) is 35.0 Å². The minimum absolute atomic E-state index is 0.0448. The molecular weight excluding hydrogens is 553 g/mol. The lowest BCUT2D eigenvalue weighted by Crippen LogP contribution is -2.65. The van der Waals surface area contributed by atoms with Crippen LogP contribution in [0.3, 0.4) is 0 Å². The lowest BCUT2D eigenvalue weighted by molar-refractivity contribution is -0.246. The summed E-state index contributed by atoms with van der Waals surface area (Å²) in [5.41, 5.74) is 1.27. The van der Waals surface area contributed by atoms with Crippen molar-refractivity contribution in [1.82, 2.24) is 20.3 Å². The first kappa shape index (κ1) is 30.9. The largest absolute Gasteiger partial charge is 0.491 e. The number of alkyl halides is 3. The molecule has 2 fully saturated rings. The molecule has 2 aromatic rings. The van der Waals surface area contributed by atoms with E-state index in [1.807, 2.05) is 11.4 Å². The molecule has 1 amide bonds. The Morgan fingerprint density at radius 1 is 1.24 bits per heavy atom. The number of nitrogens with zero attached hydrogens (tertiary/aromatic N) is 3. The summed E-state index contributed by atoms with van der Waals surface area (Å²) in [6, 6.07) is 5.90. The summed E-state index contributed by atoms with van der Waals surface area (Å²) >= 11 is 0. The Balaban J connectivity index is 1.49. The van der Waals surface area contributed by atoms with E-state index in [1.165, 1.54) is 10.8 Å². The van der Waals surface area contributed by atoms with E-state index < -0.39 is 48.5 Å². The molecule has 5 atom stereocenters. The predicted octanol–water partition coefficient (Wildman–Crippen LogP) is 1.83. The van der Waals surface area contributed by atoms with Gasteiger partial charge in [-0.2, -0.15) is 13.2 Å². The van der Waals surface area contributed by atoms with Gasteiger partial charge in [0.2, 0.25) is 0 Å². The molecule has 2 N–H and O–H groups in total. The van der Waals surface area contributed by atoms with Crippen molar-refractivity contribution in [3.8, 4) is 17.0 Å². The minimum atomic E-state index is -5.11. The van der Waals surface area contributed by atoms with Crippen molar-refractivity contribution in [2.75, 3.05) is 33.0 Å². The average molecular weight is 587 g/mol. The van der Waals surface area contributed by atoms with Gasteiger partial charge in [0.25, 0.3) is 0 Å². The minimum Gasteiger partial charge on any atom is -0.491 e. The molecule has 0 unspecified atom stereocenters. The molecule has 2 saturated heterocycles. The normalized spacial score (nSPS) is 25.5. The third-order valence-electron chi connectivity index (χ3n) is 6.19. The van der Waals surface area contributed by atoms with Gasteiger partial charge < -0.3 is 38.8 Å². The van der Waals surface area contributed by atoms with E-state index in [2.05, 4.69) is 16.9 Å². The molecule has 0 aliphatic carbocycles. The Morgan fingerprint density at radius 3 is 2.76 bits per heavy atom. The van der Waals surface area contributed by atoms with Gasteiger partial charge in [0.05, 0.1) is 39.2 Å². The number of amides is 1. The van der Waals surface area contributed by atoms with Crippen molar-refractivity contribution >= 4 is 5.91 Å². The van der Waals surface area contributed by atoms with Crippen LogP contribution in [0.5, 0.6) is 5.75 Å². The molecular formula is C26H33F3N4O8. The van der Waals surface area contributed by atoms with Crippen molar-refractivity contribution in [2.45, 2.75) is 63.0 Å². The Labute approximate surface area is 234 Å². The molecule has 226 valence electrons. The monoisotopic (exact) mass is 586 g/mol. The summed E-state index contributed by atoms with van der Waals surface area (Å²) in [5.74, 6) is -2.72. The molecule has 3 heterocycles. The van der Waals surface area contributed by atoms with Crippen LogP contribution in [0, 0.1) is 0 Å². The number of carbonyl (C=O) groups excluding carboxylic acids is 1. The lowest BCUT2D eigenvalue weighted by atomic mass is 9.96. The molecule has 2 aliphatic heterocycles. The van der Waals surface area contributed by atoms with E-state index in [0.29, 0.717) is 24.7 Å². The molecule has 1 aromatic heterocycles. The standard InChI is InChI=1S/C26H33F3N4O8/c1-4-9-38-23-20(30-24(35)26(27,28)29)22-21(40-25(2,3)41-22)19(39-23)15-33-14-18(31-32-33)16-6-5-7-17(13-16)37-12-11-36-10-8-34/h4-7,13-14,19-23,34H,1,8-12,15H2,2-3H3,(H,30,35)/t19-,20-,21+,22-,23+/m1/s1. The van der Waals surface area contributed by atoms with E-state index in [0.717, 1.165) is 5.56 Å². The van der Waals surface area contributed by atoms with Crippen molar-refractivity contribution in [3.05, 3.63) is 43.1 Å². The highest BCUT2D eigenvalue weighted by molar-refractivity contribution is 5.82. The van der Waals surface area contributed by atoms with Crippen molar-refractivity contribution in [1.29, 1.82) is 0 Å². The number of aliphatic hydroxyl groups excluding tert-OH is 1. The summed E-state index contributed by atoms with van der Waals surface area (Å²) in [5, 5.41) is 19.1. The molecule has 0 spiro atoms. The smallest absolute Gasteiger partial charge is 0.471 e. The van der Waals surface area contributed by atoms with Crippen LogP contribution in [-0.4, -0.2) is 102 Å². The SMILES string of the molecule is C=CCO[C@H]1O[C@H](Cn2cc(-c3cccc(OCCOCCO)c3)nn2)[C@@H]2OC(C)(C)O[C@@H]2[C@H]1NC(=O)C(F)(F)F. The molecule has 0 bridgehead atoms. The first-order valence-electron chi connectivity index (χ1n) is 12.9. The molecule has 15 heteroatoms. The number of ether oxygens (including phenoxy) is 6. The number of benzene rings is 1. The van der Waals surface area contributed by atoms with Gasteiger partial charge in [-0.05, 0) is 26.0 Å². The van der Waals surface area contributed by atoms with Gasteiger partial charge in [-0.15, -0.1) is 11.7 Å². The fourth-order valence-corrected chi connectivity index (χ4v) is 4.54. The molecule has 1 aromatic carbocycles. The first-order chi connectivity index (χ1) is 19.5. The third kappa shape index (κ3) is 8.02. The van der Waals surface area contributed by atoms with Crippen molar-refractivity contribution < 1.29 is 51.5 Å². The molecule has 0 radical (unpaired) electrons. The van der Waals surface area contributed by atoms with Crippen LogP contribution >= 0.6 is 0 Å². The number of nitrogens with one attached hydrogen (secondary N) is 1. The zero-order chi connectivity index (χ0) is 29.6. The molecule has 2 aliphatic rings. The molecule has 41 heavy (non-hydrogen) atoms. The Morgan fingerprint density at radius 2 is 2.02 bits per heavy atom. The van der Waals surface area contributed by atoms with Gasteiger partial charge in [-0.3, -0.25) is 4.79 Å². The molecule has 12 nitrogen and oxygen atoms in total. The van der Waals surface area contributed by atoms with Crippen molar-refractivity contribution in [3.63, 3.8) is 0 Å². The zero-order valence-corrected chi connectivity index (χ0v) is 22.6. The second kappa shape index (κ2) is 13.3. The average Bonchev–Trinajstić information content (AvgIpc) is 3.52. The van der Waals surface area contributed by atoms with Crippen LogP contribution in [0.2, 0.25) is 0 Å². The first-order valence-corrected chi connectivity index (χ1v) is 12.9. The van der Waals surface area contributed by atoms with Crippen LogP contribution in [0.25, 0.3) is 11.3 Å². The summed E-state index contributed by atoms with van der Waals surface area (Å²) in [6.07, 6.45) is -5.96. The van der Waals surface area contributed by atoms with E-state index in [-0.39, 0.29) is 26.4 Å². The highest BCUT2D eigenvalue weighted by Crippen LogP contribution is 2.38. The number of halogens is 3. The van der Waals surface area contributed by atoms with E-state index >= 15 is 0 Å². The number of aliphatic hydroxyl groups is 1. The Kier molecular flexibility index (Phi) is 9.99. The van der Waals surface area contributed by atoms with Crippen molar-refractivity contribution in [2.24, 2.45) is 0 Å². The van der Waals surface area contributed by atoms with Gasteiger partial charge in [0.1, 0.15) is 42.4 Å². The lowest BCUT2D eigenvalue weighted by Gasteiger charge is -2.42. The number of fused-ring (bicyclic) bond motifs is 1. The van der Waals surface area contributed by atoms with E-state index in [1.54, 1.807) is 38.2 Å². The predicted molar refractivity (Wildman–Crippen MR) is 135 cm³/mol. The van der Waals surface area contributed by atoms with Crippen LogP contribution < -0.4 is 10.1 Å². The second-order valence-electron chi connectivity index (χ2n) is 9.76. The number of hydrogen-bond donors (Lipinski definition) is 2. The van der Waals surface area contributed by atoms with Crippen LogP contribution in [0.1, 0.15) is 13.8 Å². The topological polar surface area (TPSA) is 135 Å². The summed E-state index contributed by atoms with van der Waals surface area (Å²) in [6.45, 7) is 7.65. The Hall–Kier alpha value is -3.08. The number of aromatic nitrogens is 3. The molecule has 0 saturated carbocycles. The van der Waals surface area contributed by atoms with Gasteiger partial charge in [0, 0.05) is 5.56 Å². The fourth-order valence-electron chi connectivity index (χ4n) is 4.54.